The number of amides is 1. The first-order valence-electron chi connectivity index (χ1n) is 8.82. The smallest absolute Gasteiger partial charge is 0.259 e. The number of aryl methyl sites for hydroxylation is 1. The van der Waals surface area contributed by atoms with Gasteiger partial charge < -0.3 is 10.3 Å². The summed E-state index contributed by atoms with van der Waals surface area (Å²) in [6.07, 6.45) is 3.94. The molecule has 1 amide bonds. The van der Waals surface area contributed by atoms with E-state index in [1.165, 1.54) is 5.56 Å². The molecular formula is C22H18N4O2. The number of hydrogen-bond donors (Lipinski definition) is 1. The summed E-state index contributed by atoms with van der Waals surface area (Å²) in [5, 5.41) is 4.05. The second-order valence-electron chi connectivity index (χ2n) is 6.59. The lowest BCUT2D eigenvalue weighted by Crippen LogP contribution is -2.11. The summed E-state index contributed by atoms with van der Waals surface area (Å²) < 4.78 is 5.42. The molecule has 2 N–H and O–H groups in total. The van der Waals surface area contributed by atoms with Crippen LogP contribution in [0, 0.1) is 6.92 Å². The molecule has 0 atom stereocenters. The number of carbonyl (C=O) groups excluding carboxylic acids is 1. The second-order valence-corrected chi connectivity index (χ2v) is 6.59. The van der Waals surface area contributed by atoms with Gasteiger partial charge in [0.25, 0.3) is 5.89 Å². The molecule has 0 spiro atoms. The molecule has 0 aliphatic rings. The van der Waals surface area contributed by atoms with Crippen LogP contribution in [0.3, 0.4) is 0 Å². The fourth-order valence-electron chi connectivity index (χ4n) is 2.92. The van der Waals surface area contributed by atoms with Crippen LogP contribution in [0.2, 0.25) is 0 Å². The van der Waals surface area contributed by atoms with E-state index in [4.69, 9.17) is 10.3 Å². The Labute approximate surface area is 162 Å². The molecular weight excluding hydrogens is 352 g/mol. The van der Waals surface area contributed by atoms with Crippen LogP contribution in [0.25, 0.3) is 22.6 Å². The molecule has 28 heavy (non-hydrogen) atoms. The highest BCUT2D eigenvalue weighted by molar-refractivity contribution is 5.92. The van der Waals surface area contributed by atoms with Gasteiger partial charge >= 0.3 is 0 Å². The maximum Gasteiger partial charge on any atom is 0.259 e. The average molecular weight is 370 g/mol. The van der Waals surface area contributed by atoms with Gasteiger partial charge in [-0.25, -0.2) is 0 Å². The second kappa shape index (κ2) is 7.44. The number of nitrogens with zero attached hydrogens (tertiary/aromatic N) is 3. The van der Waals surface area contributed by atoms with Gasteiger partial charge in [-0.3, -0.25) is 9.78 Å². The molecule has 0 bridgehead atoms. The molecule has 6 heteroatoms. The van der Waals surface area contributed by atoms with E-state index < -0.39 is 5.91 Å². The van der Waals surface area contributed by atoms with Crippen molar-refractivity contribution in [1.82, 2.24) is 15.1 Å². The van der Waals surface area contributed by atoms with Crippen LogP contribution < -0.4 is 5.73 Å². The van der Waals surface area contributed by atoms with Gasteiger partial charge in [-0.15, -0.1) is 0 Å². The topological polar surface area (TPSA) is 94.9 Å². The zero-order valence-corrected chi connectivity index (χ0v) is 15.3. The fourth-order valence-corrected chi connectivity index (χ4v) is 2.92. The van der Waals surface area contributed by atoms with Crippen molar-refractivity contribution in [1.29, 1.82) is 0 Å². The summed E-state index contributed by atoms with van der Waals surface area (Å²) in [5.41, 5.74) is 10.7. The van der Waals surface area contributed by atoms with Crippen molar-refractivity contribution in [3.63, 3.8) is 0 Å². The summed E-state index contributed by atoms with van der Waals surface area (Å²) >= 11 is 0. The predicted molar refractivity (Wildman–Crippen MR) is 105 cm³/mol. The van der Waals surface area contributed by atoms with E-state index in [1.807, 2.05) is 12.1 Å². The highest BCUT2D eigenvalue weighted by atomic mass is 16.5. The molecule has 2 aromatic carbocycles. The maximum atomic E-state index is 11.3. The third-order valence-electron chi connectivity index (χ3n) is 4.41. The quantitative estimate of drug-likeness (QED) is 0.576. The van der Waals surface area contributed by atoms with Gasteiger partial charge in [0.05, 0.1) is 5.56 Å². The molecule has 0 saturated heterocycles. The zero-order chi connectivity index (χ0) is 19.5. The van der Waals surface area contributed by atoms with Gasteiger partial charge in [0.1, 0.15) is 0 Å². The number of primary amides is 1. The summed E-state index contributed by atoms with van der Waals surface area (Å²) in [6, 6.07) is 17.3. The lowest BCUT2D eigenvalue weighted by atomic mass is 10.0. The van der Waals surface area contributed by atoms with E-state index >= 15 is 0 Å². The average Bonchev–Trinajstić information content (AvgIpc) is 3.17. The van der Waals surface area contributed by atoms with E-state index in [9.17, 15) is 4.79 Å². The van der Waals surface area contributed by atoms with Crippen LogP contribution in [0.4, 0.5) is 0 Å². The van der Waals surface area contributed by atoms with Gasteiger partial charge in [0.15, 0.2) is 5.82 Å². The van der Waals surface area contributed by atoms with Crippen molar-refractivity contribution < 1.29 is 9.32 Å². The van der Waals surface area contributed by atoms with Crippen molar-refractivity contribution in [2.75, 3.05) is 0 Å². The van der Waals surface area contributed by atoms with Crippen molar-refractivity contribution in [2.45, 2.75) is 13.3 Å². The summed E-state index contributed by atoms with van der Waals surface area (Å²) in [6.45, 7) is 2.05. The summed E-state index contributed by atoms with van der Waals surface area (Å²) in [5.74, 6) is 0.467. The molecule has 0 aliphatic carbocycles. The Morgan fingerprint density at radius 1 is 1.00 bits per heavy atom. The van der Waals surface area contributed by atoms with E-state index in [-0.39, 0.29) is 0 Å². The first-order valence-corrected chi connectivity index (χ1v) is 8.82. The van der Waals surface area contributed by atoms with Crippen LogP contribution in [-0.2, 0) is 6.42 Å². The predicted octanol–water partition coefficient (Wildman–Crippen LogP) is 3.80. The third-order valence-corrected chi connectivity index (χ3v) is 4.41. The monoisotopic (exact) mass is 370 g/mol. The zero-order valence-electron chi connectivity index (χ0n) is 15.3. The standard InChI is InChI=1S/C22H18N4O2/c1-14-5-7-16(8-6-14)18-11-19(13-24-12-18)22-25-20(26-28-22)10-15-3-2-4-17(9-15)21(23)27/h2-9,11-13H,10H2,1H3,(H2,23,27). The third kappa shape index (κ3) is 3.81. The van der Waals surface area contributed by atoms with E-state index in [1.54, 1.807) is 30.6 Å². The van der Waals surface area contributed by atoms with E-state index in [0.29, 0.717) is 23.7 Å². The fraction of sp³-hybridized carbons (Fsp3) is 0.0909. The molecule has 4 aromatic rings. The number of carbonyl (C=O) groups is 1. The Hall–Kier alpha value is -3.80. The number of pyridine rings is 1. The van der Waals surface area contributed by atoms with Gasteiger partial charge in [0, 0.05) is 29.9 Å². The highest BCUT2D eigenvalue weighted by Crippen LogP contribution is 2.25. The molecule has 0 radical (unpaired) electrons. The number of rotatable bonds is 5. The SMILES string of the molecule is Cc1ccc(-c2cncc(-c3nc(Cc4cccc(C(N)=O)c4)no3)c2)cc1. The van der Waals surface area contributed by atoms with Crippen LogP contribution in [0.1, 0.15) is 27.3 Å². The van der Waals surface area contributed by atoms with Crippen LogP contribution in [0.5, 0.6) is 0 Å². The van der Waals surface area contributed by atoms with Crippen LogP contribution in [-0.4, -0.2) is 21.0 Å². The summed E-state index contributed by atoms with van der Waals surface area (Å²) in [4.78, 5) is 20.1. The molecule has 0 aliphatic heterocycles. The molecule has 0 fully saturated rings. The minimum absolute atomic E-state index is 0.405. The first-order chi connectivity index (χ1) is 13.6. The van der Waals surface area contributed by atoms with Crippen molar-refractivity contribution in [2.24, 2.45) is 5.73 Å². The maximum absolute atomic E-state index is 11.3. The first kappa shape index (κ1) is 17.6. The molecule has 2 aromatic heterocycles. The number of hydrogen-bond acceptors (Lipinski definition) is 5. The Morgan fingerprint density at radius 2 is 1.79 bits per heavy atom. The molecule has 6 nitrogen and oxygen atoms in total. The van der Waals surface area contributed by atoms with Crippen molar-refractivity contribution in [3.05, 3.63) is 89.5 Å². The number of benzene rings is 2. The van der Waals surface area contributed by atoms with Gasteiger partial charge in [-0.2, -0.15) is 4.98 Å². The normalized spacial score (nSPS) is 10.8. The molecule has 0 unspecified atom stereocenters. The molecule has 2 heterocycles. The highest BCUT2D eigenvalue weighted by Gasteiger charge is 2.12. The Balaban J connectivity index is 1.58. The number of aromatic nitrogens is 3. The van der Waals surface area contributed by atoms with Gasteiger partial charge in [0.2, 0.25) is 5.91 Å². The lowest BCUT2D eigenvalue weighted by Gasteiger charge is -2.03. The largest absolute Gasteiger partial charge is 0.366 e. The van der Waals surface area contributed by atoms with Gasteiger partial charge in [-0.1, -0.05) is 47.1 Å². The molecule has 138 valence electrons. The Kier molecular flexibility index (Phi) is 4.68. The minimum atomic E-state index is -0.463. The Morgan fingerprint density at radius 3 is 2.57 bits per heavy atom. The number of nitrogens with two attached hydrogens (primary N) is 1. The van der Waals surface area contributed by atoms with Crippen molar-refractivity contribution in [3.8, 4) is 22.6 Å². The molecule has 0 saturated carbocycles. The van der Waals surface area contributed by atoms with E-state index in [2.05, 4.69) is 46.3 Å². The van der Waals surface area contributed by atoms with Crippen LogP contribution >= 0.6 is 0 Å². The minimum Gasteiger partial charge on any atom is -0.366 e. The van der Waals surface area contributed by atoms with E-state index in [0.717, 1.165) is 22.3 Å². The van der Waals surface area contributed by atoms with Crippen LogP contribution in [0.15, 0.2) is 71.5 Å². The molecule has 4 rings (SSSR count). The van der Waals surface area contributed by atoms with Gasteiger partial charge in [-0.05, 0) is 36.2 Å². The lowest BCUT2D eigenvalue weighted by molar-refractivity contribution is 0.1000. The Bertz CT molecular complexity index is 1130. The van der Waals surface area contributed by atoms with Crippen molar-refractivity contribution >= 4 is 5.91 Å². The summed E-state index contributed by atoms with van der Waals surface area (Å²) in [7, 11) is 0.